The molecule has 0 fully saturated rings. The molecule has 0 aliphatic heterocycles. The molecule has 0 saturated carbocycles. The number of aryl methyl sites for hydroxylation is 1. The average Bonchev–Trinajstić information content (AvgIpc) is 2.70. The minimum absolute atomic E-state index is 0.0418. The smallest absolute Gasteiger partial charge is 0.248 e. The highest BCUT2D eigenvalue weighted by Crippen LogP contribution is 2.28. The van der Waals surface area contributed by atoms with Gasteiger partial charge in [0.25, 0.3) is 0 Å². The van der Waals surface area contributed by atoms with E-state index in [0.717, 1.165) is 0 Å². The van der Waals surface area contributed by atoms with Gasteiger partial charge in [-0.3, -0.25) is 9.59 Å². The fraction of sp³-hybridized carbons (Fsp3) is 0.154. The van der Waals surface area contributed by atoms with Crippen molar-refractivity contribution in [3.8, 4) is 0 Å². The third-order valence-electron chi connectivity index (χ3n) is 2.62. The van der Waals surface area contributed by atoms with E-state index in [2.05, 4.69) is 9.69 Å². The lowest BCUT2D eigenvalue weighted by atomic mass is 10.1. The molecule has 0 radical (unpaired) electrons. The summed E-state index contributed by atoms with van der Waals surface area (Å²) in [6, 6.07) is 6.80. The van der Waals surface area contributed by atoms with Crippen LogP contribution in [0, 0.1) is 6.92 Å². The number of anilines is 2. The number of hydrogen-bond acceptors (Lipinski definition) is 5. The van der Waals surface area contributed by atoms with Gasteiger partial charge in [0.2, 0.25) is 5.91 Å². The van der Waals surface area contributed by atoms with Crippen LogP contribution in [0.15, 0.2) is 24.3 Å². The quantitative estimate of drug-likeness (QED) is 0.839. The number of nitrogens with two attached hydrogens (primary N) is 1. The van der Waals surface area contributed by atoms with Gasteiger partial charge in [-0.1, -0.05) is 6.07 Å². The summed E-state index contributed by atoms with van der Waals surface area (Å²) in [5, 5.41) is 3.77. The van der Waals surface area contributed by atoms with Crippen LogP contribution in [0.1, 0.15) is 33.3 Å². The number of nitrogens with zero attached hydrogens (tertiary/aromatic N) is 1. The van der Waals surface area contributed by atoms with E-state index in [0.29, 0.717) is 27.5 Å². The lowest BCUT2D eigenvalue weighted by Crippen LogP contribution is -2.10. The lowest BCUT2D eigenvalue weighted by molar-refractivity contribution is 0.0996. The van der Waals surface area contributed by atoms with Crippen molar-refractivity contribution in [1.29, 1.82) is 0 Å². The first-order chi connectivity index (χ1) is 8.99. The highest BCUT2D eigenvalue weighted by atomic mass is 32.1. The van der Waals surface area contributed by atoms with Crippen molar-refractivity contribution in [3.05, 3.63) is 41.1 Å². The van der Waals surface area contributed by atoms with Crippen LogP contribution in [0.25, 0.3) is 0 Å². The van der Waals surface area contributed by atoms with E-state index in [1.807, 2.05) is 0 Å². The second-order valence-corrected chi connectivity index (χ2v) is 4.87. The fourth-order valence-electron chi connectivity index (χ4n) is 1.75. The maximum atomic E-state index is 11.6. The van der Waals surface area contributed by atoms with Crippen LogP contribution in [-0.2, 0) is 0 Å². The van der Waals surface area contributed by atoms with Gasteiger partial charge in [0.1, 0.15) is 5.00 Å². The topological polar surface area (TPSA) is 85.1 Å². The molecule has 2 aromatic rings. The predicted molar refractivity (Wildman–Crippen MR) is 75.1 cm³/mol. The largest absolute Gasteiger partial charge is 0.366 e. The molecule has 0 spiro atoms. The third kappa shape index (κ3) is 2.79. The van der Waals surface area contributed by atoms with E-state index in [1.165, 1.54) is 18.5 Å². The highest BCUT2D eigenvalue weighted by molar-refractivity contribution is 7.10. The summed E-state index contributed by atoms with van der Waals surface area (Å²) in [6.07, 6.45) is 0. The minimum atomic E-state index is -0.490. The first-order valence-corrected chi connectivity index (χ1v) is 6.40. The summed E-state index contributed by atoms with van der Waals surface area (Å²) in [4.78, 5) is 22.7. The maximum Gasteiger partial charge on any atom is 0.248 e. The molecule has 6 heteroatoms. The Balaban J connectivity index is 2.34. The Morgan fingerprint density at radius 1 is 1.37 bits per heavy atom. The van der Waals surface area contributed by atoms with Gasteiger partial charge in [-0.15, -0.1) is 0 Å². The van der Waals surface area contributed by atoms with E-state index in [-0.39, 0.29) is 5.78 Å². The molecular weight excluding hydrogens is 262 g/mol. The Hall–Kier alpha value is -2.21. The number of nitrogens with one attached hydrogen (secondary N) is 1. The zero-order chi connectivity index (χ0) is 14.0. The number of aromatic nitrogens is 1. The zero-order valence-corrected chi connectivity index (χ0v) is 11.4. The third-order valence-corrected chi connectivity index (χ3v) is 3.47. The Labute approximate surface area is 114 Å². The number of benzene rings is 1. The zero-order valence-electron chi connectivity index (χ0n) is 10.6. The van der Waals surface area contributed by atoms with Crippen LogP contribution in [-0.4, -0.2) is 16.1 Å². The van der Waals surface area contributed by atoms with Gasteiger partial charge in [0, 0.05) is 11.3 Å². The van der Waals surface area contributed by atoms with Gasteiger partial charge < -0.3 is 11.1 Å². The Kier molecular flexibility index (Phi) is 3.62. The number of ketones is 1. The van der Waals surface area contributed by atoms with Gasteiger partial charge in [-0.25, -0.2) is 0 Å². The molecule has 0 unspecified atom stereocenters. The highest BCUT2D eigenvalue weighted by Gasteiger charge is 2.15. The van der Waals surface area contributed by atoms with Crippen LogP contribution in [0.4, 0.5) is 10.7 Å². The van der Waals surface area contributed by atoms with Crippen LogP contribution in [0.5, 0.6) is 0 Å². The van der Waals surface area contributed by atoms with Gasteiger partial charge in [0.05, 0.1) is 11.3 Å². The number of carbonyl (C=O) groups excluding carboxylic acids is 2. The second kappa shape index (κ2) is 5.19. The molecule has 3 N–H and O–H groups in total. The van der Waals surface area contributed by atoms with E-state index >= 15 is 0 Å². The molecule has 0 aliphatic rings. The summed E-state index contributed by atoms with van der Waals surface area (Å²) in [5.41, 5.74) is 7.62. The Morgan fingerprint density at radius 3 is 2.74 bits per heavy atom. The van der Waals surface area contributed by atoms with Crippen molar-refractivity contribution < 1.29 is 9.59 Å². The number of amides is 1. The maximum absolute atomic E-state index is 11.6. The van der Waals surface area contributed by atoms with E-state index in [1.54, 1.807) is 31.2 Å². The normalized spacial score (nSPS) is 10.2. The van der Waals surface area contributed by atoms with Crippen molar-refractivity contribution in [2.45, 2.75) is 13.8 Å². The van der Waals surface area contributed by atoms with Crippen LogP contribution in [0.3, 0.4) is 0 Å². The molecule has 1 heterocycles. The Bertz CT molecular complexity index is 649. The standard InChI is InChI=1S/C13H13N3O2S/c1-7-11(8(2)17)13(19-16-7)15-10-5-3-4-9(6-10)12(14)18/h3-6,15H,1-2H3,(H2,14,18). The summed E-state index contributed by atoms with van der Waals surface area (Å²) in [7, 11) is 0. The number of primary amides is 1. The van der Waals surface area contributed by atoms with Gasteiger partial charge in [-0.2, -0.15) is 4.37 Å². The molecule has 2 rings (SSSR count). The SMILES string of the molecule is CC(=O)c1c(C)nsc1Nc1cccc(C(N)=O)c1. The fourth-order valence-corrected chi connectivity index (χ4v) is 2.62. The van der Waals surface area contributed by atoms with Gasteiger partial charge in [0.15, 0.2) is 5.78 Å². The van der Waals surface area contributed by atoms with Crippen molar-refractivity contribution in [1.82, 2.24) is 4.37 Å². The predicted octanol–water partition coefficient (Wildman–Crippen LogP) is 2.50. The van der Waals surface area contributed by atoms with Crippen molar-refractivity contribution in [2.24, 2.45) is 5.73 Å². The van der Waals surface area contributed by atoms with E-state index in [9.17, 15) is 9.59 Å². The Morgan fingerprint density at radius 2 is 2.11 bits per heavy atom. The van der Waals surface area contributed by atoms with Crippen molar-refractivity contribution in [2.75, 3.05) is 5.32 Å². The molecule has 0 atom stereocenters. The molecular formula is C13H13N3O2S. The van der Waals surface area contributed by atoms with Crippen LogP contribution < -0.4 is 11.1 Å². The molecule has 98 valence electrons. The second-order valence-electron chi connectivity index (χ2n) is 4.10. The molecule has 0 aliphatic carbocycles. The summed E-state index contributed by atoms with van der Waals surface area (Å²) in [5.74, 6) is -0.532. The molecule has 1 amide bonds. The molecule has 0 saturated heterocycles. The van der Waals surface area contributed by atoms with Crippen molar-refractivity contribution in [3.63, 3.8) is 0 Å². The molecule has 0 bridgehead atoms. The molecule has 1 aromatic carbocycles. The number of hydrogen-bond donors (Lipinski definition) is 2. The summed E-state index contributed by atoms with van der Waals surface area (Å²) >= 11 is 1.22. The van der Waals surface area contributed by atoms with Crippen molar-refractivity contribution >= 4 is 33.9 Å². The van der Waals surface area contributed by atoms with Crippen LogP contribution in [0.2, 0.25) is 0 Å². The first kappa shape index (κ1) is 13.2. The summed E-state index contributed by atoms with van der Waals surface area (Å²) in [6.45, 7) is 3.29. The number of carbonyl (C=O) groups is 2. The number of rotatable bonds is 4. The molecule has 5 nitrogen and oxygen atoms in total. The van der Waals surface area contributed by atoms with E-state index < -0.39 is 5.91 Å². The minimum Gasteiger partial charge on any atom is -0.366 e. The number of Topliss-reactive ketones (excluding diaryl/α,β-unsaturated/α-hetero) is 1. The van der Waals surface area contributed by atoms with Crippen LogP contribution >= 0.6 is 11.5 Å². The molecule has 19 heavy (non-hydrogen) atoms. The van der Waals surface area contributed by atoms with Gasteiger partial charge in [-0.05, 0) is 43.6 Å². The summed E-state index contributed by atoms with van der Waals surface area (Å²) < 4.78 is 4.16. The molecule has 1 aromatic heterocycles. The monoisotopic (exact) mass is 275 g/mol. The average molecular weight is 275 g/mol. The van der Waals surface area contributed by atoms with E-state index in [4.69, 9.17) is 5.73 Å². The lowest BCUT2D eigenvalue weighted by Gasteiger charge is -2.06. The van der Waals surface area contributed by atoms with Gasteiger partial charge >= 0.3 is 0 Å². The first-order valence-electron chi connectivity index (χ1n) is 5.63.